The number of hydrogen-bond donors (Lipinski definition) is 0. The van der Waals surface area contributed by atoms with Gasteiger partial charge in [-0.2, -0.15) is 9.59 Å². The average Bonchev–Trinajstić information content (AvgIpc) is 2.38. The summed E-state index contributed by atoms with van der Waals surface area (Å²) >= 11 is 0. The van der Waals surface area contributed by atoms with Crippen LogP contribution < -0.4 is 0 Å². The average molecular weight is 363 g/mol. The summed E-state index contributed by atoms with van der Waals surface area (Å²) in [5.74, 6) is -0.0725. The molecule has 0 spiro atoms. The fourth-order valence-electron chi connectivity index (χ4n) is 2.54. The van der Waals surface area contributed by atoms with Crippen molar-refractivity contribution >= 4 is 28.8 Å². The van der Waals surface area contributed by atoms with E-state index >= 15 is 0 Å². The molecular formula is C16H34O5Si2. The zero-order valence-electron chi connectivity index (χ0n) is 15.7. The van der Waals surface area contributed by atoms with Gasteiger partial charge >= 0.3 is 12.1 Å². The zero-order valence-corrected chi connectivity index (χ0v) is 17.7. The molecule has 0 aromatic rings. The predicted molar refractivity (Wildman–Crippen MR) is 96.1 cm³/mol. The van der Waals surface area contributed by atoms with Gasteiger partial charge in [-0.25, -0.2) is 0 Å². The van der Waals surface area contributed by atoms with Crippen LogP contribution in [0.3, 0.4) is 0 Å². The second kappa shape index (κ2) is 13.7. The summed E-state index contributed by atoms with van der Waals surface area (Å²) in [4.78, 5) is 27.6. The highest BCUT2D eigenvalue weighted by Crippen LogP contribution is 2.25. The van der Waals surface area contributed by atoms with E-state index < -0.39 is 16.6 Å². The summed E-state index contributed by atoms with van der Waals surface area (Å²) < 4.78 is 11.5. The Labute approximate surface area is 143 Å². The van der Waals surface area contributed by atoms with Crippen molar-refractivity contribution in [3.8, 4) is 0 Å². The minimum atomic E-state index is -1.63. The quantitative estimate of drug-likeness (QED) is 0.310. The fraction of sp³-hybridized carbons (Fsp3) is 0.875. The molecule has 0 saturated heterocycles. The number of ether oxygens (including phenoxy) is 1. The molecule has 7 heteroatoms. The van der Waals surface area contributed by atoms with Gasteiger partial charge in [0.2, 0.25) is 0 Å². The molecule has 0 N–H and O–H groups in total. The second-order valence-electron chi connectivity index (χ2n) is 6.82. The van der Waals surface area contributed by atoms with Gasteiger partial charge in [0, 0.05) is 6.42 Å². The first-order valence-corrected chi connectivity index (χ1v) is 14.7. The third kappa shape index (κ3) is 17.4. The lowest BCUT2D eigenvalue weighted by Crippen LogP contribution is -2.44. The predicted octanol–water partition coefficient (Wildman–Crippen LogP) is 4.36. The van der Waals surface area contributed by atoms with Crippen LogP contribution in [0.25, 0.3) is 0 Å². The molecule has 5 nitrogen and oxygen atoms in total. The van der Waals surface area contributed by atoms with Crippen LogP contribution >= 0.6 is 0 Å². The lowest BCUT2D eigenvalue weighted by Gasteiger charge is -2.34. The molecule has 23 heavy (non-hydrogen) atoms. The Hall–Kier alpha value is -0.756. The highest BCUT2D eigenvalue weighted by molar-refractivity contribution is 6.84. The van der Waals surface area contributed by atoms with Crippen molar-refractivity contribution in [2.45, 2.75) is 84.2 Å². The van der Waals surface area contributed by atoms with Gasteiger partial charge in [-0.1, -0.05) is 26.2 Å². The number of hydrogen-bond acceptors (Lipinski definition) is 5. The Bertz CT molecular complexity index is 350. The van der Waals surface area contributed by atoms with Gasteiger partial charge in [0.05, 0.1) is 6.61 Å². The van der Waals surface area contributed by atoms with E-state index in [1.54, 1.807) is 0 Å². The Kier molecular flexibility index (Phi) is 14.6. The number of unbranched alkanes of at least 4 members (excludes halogenated alkanes) is 2. The molecule has 0 bridgehead atoms. The van der Waals surface area contributed by atoms with Crippen molar-refractivity contribution in [3.63, 3.8) is 0 Å². The van der Waals surface area contributed by atoms with Crippen LogP contribution in [0.5, 0.6) is 0 Å². The molecule has 0 fully saturated rings. The van der Waals surface area contributed by atoms with E-state index in [9.17, 15) is 4.79 Å². The first-order valence-electron chi connectivity index (χ1n) is 8.49. The van der Waals surface area contributed by atoms with E-state index in [1.807, 2.05) is 6.92 Å². The van der Waals surface area contributed by atoms with Gasteiger partial charge in [-0.3, -0.25) is 4.79 Å². The molecule has 0 aliphatic rings. The molecule has 0 atom stereocenters. The molecule has 0 aromatic heterocycles. The maximum Gasteiger partial charge on any atom is 0.373 e. The highest BCUT2D eigenvalue weighted by atomic mass is 28.4. The Morgan fingerprint density at radius 2 is 1.39 bits per heavy atom. The SMILES string of the molecule is CCCCC[Si](C)(C)O[Si](C)(C)CCCC(=O)OCC.O=C=O. The van der Waals surface area contributed by atoms with Crippen LogP contribution in [0.15, 0.2) is 0 Å². The number of carbonyl (C=O) groups excluding carboxylic acids is 3. The molecule has 0 aromatic carbocycles. The molecule has 0 radical (unpaired) electrons. The van der Waals surface area contributed by atoms with Crippen molar-refractivity contribution in [1.82, 2.24) is 0 Å². The molecule has 0 heterocycles. The van der Waals surface area contributed by atoms with E-state index in [2.05, 4.69) is 33.1 Å². The lowest BCUT2D eigenvalue weighted by molar-refractivity contribution is -0.191. The molecule has 0 aliphatic heterocycles. The molecule has 0 unspecified atom stereocenters. The Morgan fingerprint density at radius 3 is 1.83 bits per heavy atom. The van der Waals surface area contributed by atoms with Crippen molar-refractivity contribution in [1.29, 1.82) is 0 Å². The van der Waals surface area contributed by atoms with E-state index in [0.29, 0.717) is 13.0 Å². The molecule has 0 saturated carbocycles. The van der Waals surface area contributed by atoms with Gasteiger partial charge < -0.3 is 8.85 Å². The van der Waals surface area contributed by atoms with Crippen molar-refractivity contribution < 1.29 is 23.2 Å². The third-order valence-corrected chi connectivity index (χ3v) is 10.9. The maximum atomic E-state index is 11.3. The molecule has 0 aliphatic carbocycles. The summed E-state index contributed by atoms with van der Waals surface area (Å²) in [5, 5.41) is 0. The third-order valence-electron chi connectivity index (χ3n) is 3.40. The summed E-state index contributed by atoms with van der Waals surface area (Å²) in [7, 11) is -3.16. The minimum absolute atomic E-state index is 0.0725. The topological polar surface area (TPSA) is 69.7 Å². The molecule has 136 valence electrons. The lowest BCUT2D eigenvalue weighted by atomic mass is 10.3. The molecule has 0 rings (SSSR count). The highest BCUT2D eigenvalue weighted by Gasteiger charge is 2.32. The summed E-state index contributed by atoms with van der Waals surface area (Å²) in [5.41, 5.74) is 0. The first kappa shape index (κ1) is 24.5. The monoisotopic (exact) mass is 362 g/mol. The largest absolute Gasteiger partial charge is 0.466 e. The first-order chi connectivity index (χ1) is 10.6. The van der Waals surface area contributed by atoms with E-state index in [-0.39, 0.29) is 12.1 Å². The van der Waals surface area contributed by atoms with Crippen LogP contribution in [0.2, 0.25) is 38.3 Å². The fourth-order valence-corrected chi connectivity index (χ4v) is 11.5. The van der Waals surface area contributed by atoms with E-state index in [0.717, 1.165) is 12.5 Å². The van der Waals surface area contributed by atoms with Crippen molar-refractivity contribution in [2.75, 3.05) is 6.61 Å². The van der Waals surface area contributed by atoms with Crippen LogP contribution in [0.1, 0.15) is 46.0 Å². The summed E-state index contributed by atoms with van der Waals surface area (Å²) in [6, 6.07) is 2.31. The number of rotatable bonds is 11. The summed E-state index contributed by atoms with van der Waals surface area (Å²) in [6.45, 7) is 13.8. The van der Waals surface area contributed by atoms with Crippen LogP contribution in [0.4, 0.5) is 0 Å². The molecular weight excluding hydrogens is 328 g/mol. The number of carbonyl (C=O) groups is 1. The van der Waals surface area contributed by atoms with Gasteiger partial charge in [0.1, 0.15) is 0 Å². The second-order valence-corrected chi connectivity index (χ2v) is 15.7. The van der Waals surface area contributed by atoms with Crippen molar-refractivity contribution in [2.24, 2.45) is 0 Å². The molecule has 0 amide bonds. The van der Waals surface area contributed by atoms with Gasteiger partial charge in [0.25, 0.3) is 0 Å². The van der Waals surface area contributed by atoms with Gasteiger partial charge in [0.15, 0.2) is 16.6 Å². The normalized spacial score (nSPS) is 11.2. The van der Waals surface area contributed by atoms with E-state index in [4.69, 9.17) is 18.4 Å². The summed E-state index contributed by atoms with van der Waals surface area (Å²) in [6.07, 6.45) is 5.56. The van der Waals surface area contributed by atoms with Gasteiger partial charge in [-0.15, -0.1) is 0 Å². The minimum Gasteiger partial charge on any atom is -0.466 e. The van der Waals surface area contributed by atoms with Crippen LogP contribution in [0, 0.1) is 0 Å². The zero-order chi connectivity index (χ0) is 18.4. The van der Waals surface area contributed by atoms with Crippen molar-refractivity contribution in [3.05, 3.63) is 0 Å². The van der Waals surface area contributed by atoms with Crippen LogP contribution in [-0.4, -0.2) is 35.4 Å². The standard InChI is InChI=1S/C15H34O3Si2.CO2/c1-7-9-10-13-19(3,4)18-20(5,6)14-11-12-15(16)17-8-2;2-1-3/h7-14H2,1-6H3;. The van der Waals surface area contributed by atoms with Crippen LogP contribution in [-0.2, 0) is 23.2 Å². The number of esters is 1. The Morgan fingerprint density at radius 1 is 0.913 bits per heavy atom. The smallest absolute Gasteiger partial charge is 0.373 e. The van der Waals surface area contributed by atoms with Gasteiger partial charge in [-0.05, 0) is 51.6 Å². The Balaban J connectivity index is 0. The maximum absolute atomic E-state index is 11.3. The van der Waals surface area contributed by atoms with E-state index in [1.165, 1.54) is 25.3 Å².